The number of nitrogens with zero attached hydrogens (tertiary/aromatic N) is 4. The summed E-state index contributed by atoms with van der Waals surface area (Å²) in [5, 5.41) is 0. The van der Waals surface area contributed by atoms with Gasteiger partial charge in [-0.25, -0.2) is 0 Å². The van der Waals surface area contributed by atoms with Crippen molar-refractivity contribution in [2.45, 2.75) is 305 Å². The average molecular weight is 1250 g/mol. The second kappa shape index (κ2) is 32.9. The molecule has 0 aliphatic heterocycles. The zero-order valence-electron chi connectivity index (χ0n) is 42.0. The molecular formula is C52H88MoN4S12. The molecular weight excluding hydrogens is 1160 g/mol. The van der Waals surface area contributed by atoms with Gasteiger partial charge in [0, 0.05) is 17.3 Å². The molecule has 8 fully saturated rings. The predicted molar refractivity (Wildman–Crippen MR) is 325 cm³/mol. The SMILES string of the molecule is S=C([S-])[N+]([S-])(C1CCCCC1)C1CCCCC1.S=C([S-])[N+]([S-])(C1CCCCC1)C1CCCCC1.S=C([S-])[N+]([S-])(C1CCCCC1)C1CCCCC1.S=C([S-])[N+]([S-])(C1CCCCC1)C1CCCCC1.[Mo+4]. The van der Waals surface area contributed by atoms with E-state index in [1.165, 1.54) is 257 Å². The molecule has 0 aromatic carbocycles. The van der Waals surface area contributed by atoms with Gasteiger partial charge in [-0.2, -0.15) is 0 Å². The van der Waals surface area contributed by atoms with Crippen molar-refractivity contribution in [1.82, 2.24) is 0 Å². The van der Waals surface area contributed by atoms with Crippen molar-refractivity contribution >= 4 is 168 Å². The van der Waals surface area contributed by atoms with E-state index in [2.05, 4.69) is 0 Å². The standard InChI is InChI=1S/4C13H23NS3.Mo/c4*15-13(16)14(17,11-7-3-1-4-8-11)12-9-5-2-6-10-12;/h4*11-12H,1-10H2,(H,15,16);/q;;;;+4/p-4. The van der Waals surface area contributed by atoms with Gasteiger partial charge in [0.2, 0.25) is 0 Å². The summed E-state index contributed by atoms with van der Waals surface area (Å²) in [4.78, 5) is 0. The van der Waals surface area contributed by atoms with Crippen LogP contribution in [0.4, 0.5) is 0 Å². The number of hydrogen-bond donors (Lipinski definition) is 0. The summed E-state index contributed by atoms with van der Waals surface area (Å²) in [6.45, 7) is 0. The summed E-state index contributed by atoms with van der Waals surface area (Å²) < 4.78 is 4.63. The van der Waals surface area contributed by atoms with Gasteiger partial charge in [0.15, 0.2) is 0 Å². The minimum Gasteiger partial charge on any atom is -0.489 e. The predicted octanol–water partition coefficient (Wildman–Crippen LogP) is 15.0. The first-order valence-corrected chi connectivity index (χ1v) is 32.6. The van der Waals surface area contributed by atoms with E-state index in [0.29, 0.717) is 81.2 Å². The van der Waals surface area contributed by atoms with Crippen molar-refractivity contribution in [3.8, 4) is 0 Å². The molecule has 8 saturated carbocycles. The third-order valence-electron chi connectivity index (χ3n) is 18.1. The van der Waals surface area contributed by atoms with E-state index in [0.717, 1.165) is 0 Å². The molecule has 0 unspecified atom stereocenters. The van der Waals surface area contributed by atoms with Crippen LogP contribution in [0.3, 0.4) is 0 Å². The molecule has 69 heavy (non-hydrogen) atoms. The number of quaternary nitrogens is 4. The molecule has 17 heteroatoms. The number of rotatable bonds is 8. The Balaban J connectivity index is 0.000000199. The van der Waals surface area contributed by atoms with Gasteiger partial charge in [-0.3, -0.25) is 0 Å². The third kappa shape index (κ3) is 17.6. The Morgan fingerprint density at radius 3 is 0.377 bits per heavy atom. The molecule has 8 rings (SSSR count). The zero-order valence-corrected chi connectivity index (χ0v) is 53.8. The smallest absolute Gasteiger partial charge is 0.489 e. The van der Waals surface area contributed by atoms with E-state index in [-0.39, 0.29) is 21.1 Å². The third-order valence-corrected chi connectivity index (χ3v) is 24.5. The van der Waals surface area contributed by atoms with Crippen molar-refractivity contribution in [1.29, 1.82) is 0 Å². The molecule has 4 nitrogen and oxygen atoms in total. The van der Waals surface area contributed by atoms with Gasteiger partial charge >= 0.3 is 21.1 Å². The largest absolute Gasteiger partial charge is 4.00 e. The van der Waals surface area contributed by atoms with Crippen molar-refractivity contribution in [2.75, 3.05) is 0 Å². The summed E-state index contributed by atoms with van der Waals surface area (Å²) in [5.74, 6) is 0. The number of hydrogen-bond acceptors (Lipinski definition) is 12. The molecule has 0 saturated heterocycles. The molecule has 8 aliphatic carbocycles. The maximum Gasteiger partial charge on any atom is 4.00 e. The molecule has 394 valence electrons. The van der Waals surface area contributed by atoms with Gasteiger partial charge in [-0.15, -0.1) is 0 Å². The summed E-state index contributed by atoms with van der Waals surface area (Å²) in [6.07, 6.45) is 51.6. The van der Waals surface area contributed by atoms with Crippen LogP contribution in [0, 0.1) is 0 Å². The van der Waals surface area contributed by atoms with E-state index < -0.39 is 0 Å². The van der Waals surface area contributed by atoms with Crippen LogP contribution >= 0.6 is 48.9 Å². The van der Waals surface area contributed by atoms with Crippen molar-refractivity contribution in [3.63, 3.8) is 0 Å². The van der Waals surface area contributed by atoms with Crippen LogP contribution < -0.4 is 0 Å². The molecule has 0 N–H and O–H groups in total. The van der Waals surface area contributed by atoms with Gasteiger partial charge in [0.05, 0.1) is 48.3 Å². The maximum absolute atomic E-state index is 5.96. The Labute approximate surface area is 504 Å². The molecule has 0 amide bonds. The summed E-state index contributed by atoms with van der Waals surface area (Å²) >= 11 is 66.8. The van der Waals surface area contributed by atoms with E-state index in [9.17, 15) is 0 Å². The quantitative estimate of drug-likeness (QED) is 0.0984. The van der Waals surface area contributed by atoms with Crippen LogP contribution in [0.15, 0.2) is 0 Å². The fourth-order valence-corrected chi connectivity index (χ4v) is 18.2. The molecule has 8 aliphatic rings. The molecule has 0 aromatic rings. The zero-order chi connectivity index (χ0) is 49.2. The van der Waals surface area contributed by atoms with Gasteiger partial charge in [0.25, 0.3) is 0 Å². The topological polar surface area (TPSA) is 0 Å². The van der Waals surface area contributed by atoms with Crippen LogP contribution in [-0.4, -0.2) is 81.2 Å². The van der Waals surface area contributed by atoms with E-state index in [4.69, 9.17) is 151 Å². The Morgan fingerprint density at radius 1 is 0.217 bits per heavy atom. The van der Waals surface area contributed by atoms with Gasteiger partial charge in [-0.1, -0.05) is 51.4 Å². The summed E-state index contributed by atoms with van der Waals surface area (Å²) in [5.41, 5.74) is 0. The maximum atomic E-state index is 5.96. The number of thiocarbonyl (C=S) groups is 4. The Bertz CT molecular complexity index is 1230. The monoisotopic (exact) mass is 1250 g/mol. The van der Waals surface area contributed by atoms with Crippen LogP contribution in [0.5, 0.6) is 0 Å². The first-order valence-electron chi connectivity index (χ1n) is 27.9. The van der Waals surface area contributed by atoms with Crippen LogP contribution in [0.2, 0.25) is 0 Å². The second-order valence-electron chi connectivity index (χ2n) is 22.2. The molecule has 0 radical (unpaired) electrons. The first kappa shape index (κ1) is 64.7. The minimum absolute atomic E-state index is 0. The summed E-state index contributed by atoms with van der Waals surface area (Å²) in [7, 11) is 0. The second-order valence-corrected chi connectivity index (χ2v) is 28.8. The van der Waals surface area contributed by atoms with Crippen LogP contribution in [0.25, 0.3) is 0 Å². The molecule has 0 bridgehead atoms. The Hall–Kier alpha value is 3.17. The van der Waals surface area contributed by atoms with Crippen LogP contribution in [0.1, 0.15) is 257 Å². The fourth-order valence-electron chi connectivity index (χ4n) is 14.1. The van der Waals surface area contributed by atoms with Gasteiger partial charge in [0.1, 0.15) is 0 Å². The van der Waals surface area contributed by atoms with Crippen molar-refractivity contribution in [3.05, 3.63) is 0 Å². The first-order chi connectivity index (χ1) is 32.6. The Morgan fingerprint density at radius 2 is 0.304 bits per heavy atom. The Kier molecular flexibility index (Phi) is 30.9. The minimum atomic E-state index is 0. The van der Waals surface area contributed by atoms with Gasteiger partial charge < -0.3 is 166 Å². The molecule has 0 heterocycles. The molecule has 0 spiro atoms. The van der Waals surface area contributed by atoms with Crippen molar-refractivity contribution < 1.29 is 36.6 Å². The fraction of sp³-hybridized carbons (Fsp3) is 0.923. The van der Waals surface area contributed by atoms with E-state index in [1.54, 1.807) is 0 Å². The molecule has 0 aromatic heterocycles. The summed E-state index contributed by atoms with van der Waals surface area (Å²) in [6, 6.07) is 4.27. The van der Waals surface area contributed by atoms with Gasteiger partial charge in [-0.05, 0) is 205 Å². The van der Waals surface area contributed by atoms with E-state index >= 15 is 0 Å². The normalized spacial score (nSPS) is 24.4. The average Bonchev–Trinajstić information content (AvgIpc) is 3.40. The van der Waals surface area contributed by atoms with Crippen molar-refractivity contribution in [2.24, 2.45) is 0 Å². The molecule has 0 atom stereocenters. The van der Waals surface area contributed by atoms with E-state index in [1.807, 2.05) is 0 Å². The van der Waals surface area contributed by atoms with Crippen LogP contribution in [-0.2, 0) is 123 Å².